The van der Waals surface area contributed by atoms with Crippen LogP contribution in [0.3, 0.4) is 0 Å². The Balaban J connectivity index is 1.51. The number of thiazole rings is 1. The Morgan fingerprint density at radius 3 is 2.27 bits per heavy atom. The molecule has 4 aromatic carbocycles. The highest BCUT2D eigenvalue weighted by Crippen LogP contribution is 2.41. The summed E-state index contributed by atoms with van der Waals surface area (Å²) < 4.78 is 34.0. The largest absolute Gasteiger partial charge is 0.532 e. The first-order valence-corrected chi connectivity index (χ1v) is 19.4. The van der Waals surface area contributed by atoms with Gasteiger partial charge in [0.25, 0.3) is 0 Å². The second kappa shape index (κ2) is 14.5. The van der Waals surface area contributed by atoms with E-state index in [1.807, 2.05) is 72.8 Å². The van der Waals surface area contributed by atoms with Crippen molar-refractivity contribution >= 4 is 67.2 Å². The summed E-state index contributed by atoms with van der Waals surface area (Å²) in [4.78, 5) is 16.1. The average molecular weight is 697 g/mol. The van der Waals surface area contributed by atoms with E-state index in [0.29, 0.717) is 23.4 Å². The van der Waals surface area contributed by atoms with E-state index in [-0.39, 0.29) is 16.7 Å². The van der Waals surface area contributed by atoms with Crippen LogP contribution >= 0.6 is 11.3 Å². The van der Waals surface area contributed by atoms with Gasteiger partial charge in [-0.1, -0.05) is 123 Å². The zero-order chi connectivity index (χ0) is 34.4. The molecule has 246 valence electrons. The van der Waals surface area contributed by atoms with Gasteiger partial charge >= 0.3 is 14.4 Å². The number of rotatable bonds is 11. The number of nitrogens with one attached hydrogen (secondary N) is 3. The number of aromatic nitrogens is 1. The molecule has 0 saturated carbocycles. The molecule has 0 bridgehead atoms. The second-order valence-electron chi connectivity index (χ2n) is 11.9. The Morgan fingerprint density at radius 2 is 1.67 bits per heavy atom. The van der Waals surface area contributed by atoms with Crippen LogP contribution in [0.4, 0.5) is 15.6 Å². The van der Waals surface area contributed by atoms with Gasteiger partial charge in [0.05, 0.1) is 11.2 Å². The summed E-state index contributed by atoms with van der Waals surface area (Å²) in [6.07, 6.45) is -1.20. The molecule has 5 rings (SSSR count). The van der Waals surface area contributed by atoms with Crippen LogP contribution in [0.1, 0.15) is 31.9 Å². The Morgan fingerprint density at radius 1 is 1.00 bits per heavy atom. The average Bonchev–Trinajstić information content (AvgIpc) is 3.47. The van der Waals surface area contributed by atoms with Crippen LogP contribution in [0.15, 0.2) is 109 Å². The van der Waals surface area contributed by atoms with Gasteiger partial charge in [0.1, 0.15) is 11.3 Å². The number of nitrogens with zero attached hydrogens (tertiary/aromatic N) is 1. The van der Waals surface area contributed by atoms with E-state index in [4.69, 9.17) is 4.43 Å². The summed E-state index contributed by atoms with van der Waals surface area (Å²) in [6, 6.07) is 31.7. The molecule has 0 aliphatic heterocycles. The predicted molar refractivity (Wildman–Crippen MR) is 197 cm³/mol. The van der Waals surface area contributed by atoms with Crippen LogP contribution in [-0.2, 0) is 16.6 Å². The van der Waals surface area contributed by atoms with E-state index < -0.39 is 24.4 Å². The number of hydrogen-bond acceptors (Lipinski definition) is 7. The summed E-state index contributed by atoms with van der Waals surface area (Å²) in [5.41, 5.74) is 2.82. The smallest absolute Gasteiger partial charge is 0.410 e. The fourth-order valence-corrected chi connectivity index (χ4v) is 11.2. The summed E-state index contributed by atoms with van der Waals surface area (Å²) in [7, 11) is -6.57. The number of sulfonamides is 1. The molecule has 0 atom stereocenters. The van der Waals surface area contributed by atoms with Crippen LogP contribution < -0.4 is 30.2 Å². The molecule has 0 saturated heterocycles. The first kappa shape index (κ1) is 34.4. The SMILES string of the molecule is C=CS(=O)(=O)NCc1cccc(NCC#Cc2cc(O[Si](c3ccccc3)(c3ccccc3)C(C)(C)C)c3nc(NC(=O)O)sc3c2)c1. The lowest BCUT2D eigenvalue weighted by Crippen LogP contribution is -2.68. The van der Waals surface area contributed by atoms with Gasteiger partial charge in [-0.05, 0) is 45.2 Å². The molecule has 9 nitrogen and oxygen atoms in total. The van der Waals surface area contributed by atoms with Crippen LogP contribution in [0.25, 0.3) is 10.2 Å². The highest BCUT2D eigenvalue weighted by Gasteiger charge is 2.52. The molecule has 1 amide bonds. The summed E-state index contributed by atoms with van der Waals surface area (Å²) in [6.45, 7) is 10.3. The minimum absolute atomic E-state index is 0.136. The fourth-order valence-electron chi connectivity index (χ4n) is 5.43. The van der Waals surface area contributed by atoms with E-state index >= 15 is 0 Å². The highest BCUT2D eigenvalue weighted by molar-refractivity contribution is 7.92. The van der Waals surface area contributed by atoms with Crippen LogP contribution in [-0.4, -0.2) is 39.5 Å². The van der Waals surface area contributed by atoms with Crippen molar-refractivity contribution in [2.75, 3.05) is 17.2 Å². The molecule has 4 N–H and O–H groups in total. The number of fused-ring (bicyclic) bond motifs is 1. The Bertz CT molecular complexity index is 2060. The topological polar surface area (TPSA) is 130 Å². The van der Waals surface area contributed by atoms with E-state index in [1.54, 1.807) is 0 Å². The standard InChI is InChI=1S/C36H36N4O5S2Si/c1-5-47(43,44)38-25-27-14-12-16-28(22-27)37-21-13-15-26-23-31(33-32(24-26)46-34(39-33)40-35(41)42)45-48(36(2,3)4,29-17-8-6-9-18-29)30-19-10-7-11-20-30/h5-12,14,16-20,22-24,37-38H,1,21,25H2,2-4H3,(H,39,40)(H,41,42). The van der Waals surface area contributed by atoms with Gasteiger partial charge in [-0.15, -0.1) is 0 Å². The minimum atomic E-state index is -3.53. The Labute approximate surface area is 285 Å². The van der Waals surface area contributed by atoms with Crippen LogP contribution in [0.5, 0.6) is 5.75 Å². The lowest BCUT2D eigenvalue weighted by atomic mass is 10.2. The number of carbonyl (C=O) groups is 1. The third-order valence-corrected chi connectivity index (χ3v) is 14.4. The molecule has 5 aromatic rings. The maximum absolute atomic E-state index is 11.7. The number of amides is 1. The maximum atomic E-state index is 11.7. The van der Waals surface area contributed by atoms with Crippen molar-refractivity contribution < 1.29 is 22.7 Å². The zero-order valence-electron chi connectivity index (χ0n) is 26.8. The van der Waals surface area contributed by atoms with E-state index in [0.717, 1.165) is 31.7 Å². The maximum Gasteiger partial charge on any atom is 0.410 e. The molecule has 0 spiro atoms. The molecule has 0 unspecified atom stereocenters. The molecular formula is C36H36N4O5S2Si. The molecule has 1 aromatic heterocycles. The van der Waals surface area contributed by atoms with Crippen molar-refractivity contribution in [2.24, 2.45) is 0 Å². The third-order valence-electron chi connectivity index (χ3n) is 7.59. The predicted octanol–water partition coefficient (Wildman–Crippen LogP) is 6.35. The molecule has 0 aliphatic carbocycles. The van der Waals surface area contributed by atoms with Crippen molar-refractivity contribution in [1.82, 2.24) is 9.71 Å². The lowest BCUT2D eigenvalue weighted by molar-refractivity contribution is 0.209. The van der Waals surface area contributed by atoms with E-state index in [2.05, 4.69) is 83.8 Å². The molecule has 1 heterocycles. The molecular weight excluding hydrogens is 661 g/mol. The van der Waals surface area contributed by atoms with Gasteiger partial charge in [0.15, 0.2) is 5.13 Å². The van der Waals surface area contributed by atoms with Gasteiger partial charge in [-0.2, -0.15) is 0 Å². The molecule has 12 heteroatoms. The first-order valence-electron chi connectivity index (χ1n) is 15.1. The van der Waals surface area contributed by atoms with Crippen molar-refractivity contribution in [1.29, 1.82) is 0 Å². The van der Waals surface area contributed by atoms with Gasteiger partial charge in [-0.25, -0.2) is 22.9 Å². The second-order valence-corrected chi connectivity index (χ2v) is 18.9. The molecule has 0 fully saturated rings. The lowest BCUT2D eigenvalue weighted by Gasteiger charge is -2.43. The minimum Gasteiger partial charge on any atom is -0.532 e. The summed E-state index contributed by atoms with van der Waals surface area (Å²) in [5, 5.41) is 18.0. The van der Waals surface area contributed by atoms with Gasteiger partial charge in [0.2, 0.25) is 10.0 Å². The number of hydrogen-bond donors (Lipinski definition) is 4. The Kier molecular flexibility index (Phi) is 10.4. The number of benzene rings is 4. The van der Waals surface area contributed by atoms with Gasteiger partial charge in [-0.3, -0.25) is 5.32 Å². The van der Waals surface area contributed by atoms with Crippen molar-refractivity contribution in [3.63, 3.8) is 0 Å². The van der Waals surface area contributed by atoms with Gasteiger partial charge < -0.3 is 14.8 Å². The van der Waals surface area contributed by atoms with Gasteiger partial charge in [0, 0.05) is 23.2 Å². The van der Waals surface area contributed by atoms with Crippen molar-refractivity contribution in [3.05, 3.63) is 120 Å². The van der Waals surface area contributed by atoms with Crippen molar-refractivity contribution in [3.8, 4) is 17.6 Å². The fraction of sp³-hybridized carbons (Fsp3) is 0.167. The Hall–Kier alpha value is -4.93. The summed E-state index contributed by atoms with van der Waals surface area (Å²) in [5.74, 6) is 6.93. The molecule has 48 heavy (non-hydrogen) atoms. The first-order chi connectivity index (χ1) is 22.9. The number of anilines is 2. The van der Waals surface area contributed by atoms with Crippen LogP contribution in [0, 0.1) is 11.8 Å². The summed E-state index contributed by atoms with van der Waals surface area (Å²) >= 11 is 1.22. The quantitative estimate of drug-likeness (QED) is 0.0936. The normalized spacial score (nSPS) is 11.7. The number of carboxylic acid groups (broad SMARTS) is 1. The van der Waals surface area contributed by atoms with E-state index in [1.165, 1.54) is 11.3 Å². The highest BCUT2D eigenvalue weighted by atomic mass is 32.2. The van der Waals surface area contributed by atoms with Crippen molar-refractivity contribution in [2.45, 2.75) is 32.4 Å². The van der Waals surface area contributed by atoms with Crippen LogP contribution in [0.2, 0.25) is 5.04 Å². The molecule has 0 radical (unpaired) electrons. The third kappa shape index (κ3) is 7.95. The zero-order valence-corrected chi connectivity index (χ0v) is 29.4. The van der Waals surface area contributed by atoms with E-state index in [9.17, 15) is 18.3 Å². The monoisotopic (exact) mass is 696 g/mol. The molecule has 0 aliphatic rings.